The second kappa shape index (κ2) is 14.0. The third kappa shape index (κ3) is 6.16. The highest BCUT2D eigenvalue weighted by Crippen LogP contribution is 2.43. The molecule has 0 spiro atoms. The van der Waals surface area contributed by atoms with E-state index in [1.165, 1.54) is 31.3 Å². The molecular formula is C50H34N4OS. The first-order valence-corrected chi connectivity index (χ1v) is 19.4. The number of thiophene rings is 1. The highest BCUT2D eigenvalue weighted by molar-refractivity contribution is 7.26. The summed E-state index contributed by atoms with van der Waals surface area (Å²) in [6.07, 6.45) is 0.730. The number of para-hydroxylation sites is 1. The molecule has 0 saturated heterocycles. The summed E-state index contributed by atoms with van der Waals surface area (Å²) in [5.74, 6) is 3.41. The van der Waals surface area contributed by atoms with Gasteiger partial charge in [0, 0.05) is 48.8 Å². The molecule has 3 heterocycles. The Balaban J connectivity index is 0.931. The van der Waals surface area contributed by atoms with E-state index < -0.39 is 0 Å². The van der Waals surface area contributed by atoms with E-state index in [0.29, 0.717) is 23.2 Å². The van der Waals surface area contributed by atoms with Crippen LogP contribution in [0, 0.1) is 6.92 Å². The number of fused-ring (bicyclic) bond motifs is 4. The first kappa shape index (κ1) is 33.5. The molecule has 0 N–H and O–H groups in total. The van der Waals surface area contributed by atoms with Gasteiger partial charge in [0.2, 0.25) is 0 Å². The first-order valence-electron chi connectivity index (χ1n) is 18.6. The topological polar surface area (TPSA) is 60.3 Å². The molecular weight excluding hydrogens is 705 g/mol. The van der Waals surface area contributed by atoms with Gasteiger partial charge in [-0.3, -0.25) is 4.99 Å². The monoisotopic (exact) mass is 738 g/mol. The van der Waals surface area contributed by atoms with E-state index >= 15 is 0 Å². The van der Waals surface area contributed by atoms with Crippen LogP contribution in [0.4, 0.5) is 5.69 Å². The van der Waals surface area contributed by atoms with Crippen LogP contribution in [0.5, 0.6) is 5.75 Å². The number of nitrogens with zero attached hydrogens (tertiary/aromatic N) is 4. The minimum atomic E-state index is 0.643. The standard InChI is InChI=1S/C50H34N4OS/c1-31-13-9-10-22-45(31)55-32(2)39-18-11-20-41-42-21-12-19-40(47(42)56-46(39)41)33-23-25-34(26-24-33)44-30-38-29-37(27-28-43(38)51-44)50-53-48(35-14-5-3-6-15-35)52-49(54-50)36-16-7-4-8-17-36/h3-29H,2,30H2,1H3. The quantitative estimate of drug-likeness (QED) is 0.146. The van der Waals surface area contributed by atoms with Crippen molar-refractivity contribution >= 4 is 48.7 Å². The van der Waals surface area contributed by atoms with Crippen LogP contribution >= 0.6 is 11.3 Å². The lowest BCUT2D eigenvalue weighted by Crippen LogP contribution is -2.01. The molecule has 5 nitrogen and oxygen atoms in total. The van der Waals surface area contributed by atoms with Gasteiger partial charge in [-0.1, -0.05) is 140 Å². The molecule has 1 aliphatic rings. The van der Waals surface area contributed by atoms with Crippen molar-refractivity contribution in [2.75, 3.05) is 0 Å². The van der Waals surface area contributed by atoms with Crippen LogP contribution in [0.15, 0.2) is 175 Å². The molecule has 0 bridgehead atoms. The van der Waals surface area contributed by atoms with Crippen molar-refractivity contribution in [1.82, 2.24) is 15.0 Å². The summed E-state index contributed by atoms with van der Waals surface area (Å²) in [5.41, 5.74) is 11.6. The summed E-state index contributed by atoms with van der Waals surface area (Å²) >= 11 is 1.79. The summed E-state index contributed by atoms with van der Waals surface area (Å²) in [6.45, 7) is 6.39. The van der Waals surface area contributed by atoms with Crippen LogP contribution in [0.1, 0.15) is 22.3 Å². The molecule has 6 heteroatoms. The molecule has 0 radical (unpaired) electrons. The lowest BCUT2D eigenvalue weighted by Gasteiger charge is -2.11. The van der Waals surface area contributed by atoms with E-state index in [4.69, 9.17) is 24.7 Å². The van der Waals surface area contributed by atoms with Crippen molar-refractivity contribution in [3.05, 3.63) is 193 Å². The van der Waals surface area contributed by atoms with Gasteiger partial charge < -0.3 is 4.74 Å². The van der Waals surface area contributed by atoms with Gasteiger partial charge in [0.15, 0.2) is 17.5 Å². The molecule has 0 amide bonds. The predicted molar refractivity (Wildman–Crippen MR) is 232 cm³/mol. The number of benzene rings is 7. The second-order valence-electron chi connectivity index (χ2n) is 14.0. The predicted octanol–water partition coefficient (Wildman–Crippen LogP) is 12.9. The van der Waals surface area contributed by atoms with Crippen LogP contribution in [-0.4, -0.2) is 20.7 Å². The lowest BCUT2D eigenvalue weighted by molar-refractivity contribution is 0.513. The molecule has 56 heavy (non-hydrogen) atoms. The fraction of sp³-hybridized carbons (Fsp3) is 0.0400. The van der Waals surface area contributed by atoms with E-state index in [2.05, 4.69) is 98.4 Å². The minimum Gasteiger partial charge on any atom is -0.457 e. The fourth-order valence-electron chi connectivity index (χ4n) is 7.41. The van der Waals surface area contributed by atoms with Crippen molar-refractivity contribution in [2.45, 2.75) is 13.3 Å². The largest absolute Gasteiger partial charge is 0.457 e. The molecule has 7 aromatic carbocycles. The van der Waals surface area contributed by atoms with E-state index in [1.54, 1.807) is 11.3 Å². The Bertz CT molecular complexity index is 2930. The maximum absolute atomic E-state index is 6.30. The number of hydrogen-bond acceptors (Lipinski definition) is 6. The van der Waals surface area contributed by atoms with Crippen molar-refractivity contribution in [2.24, 2.45) is 4.99 Å². The zero-order valence-corrected chi connectivity index (χ0v) is 31.4. The van der Waals surface area contributed by atoms with Crippen LogP contribution in [0.2, 0.25) is 0 Å². The van der Waals surface area contributed by atoms with Crippen molar-refractivity contribution in [3.8, 4) is 51.0 Å². The number of ether oxygens (including phenoxy) is 1. The van der Waals surface area contributed by atoms with E-state index in [0.717, 1.165) is 62.5 Å². The number of aliphatic imine (C=N–C) groups is 1. The van der Waals surface area contributed by atoms with Gasteiger partial charge in [0.25, 0.3) is 0 Å². The second-order valence-corrected chi connectivity index (χ2v) is 15.0. The molecule has 0 unspecified atom stereocenters. The average Bonchev–Trinajstić information content (AvgIpc) is 3.87. The Kier molecular flexibility index (Phi) is 8.38. The number of aryl methyl sites for hydroxylation is 1. The Morgan fingerprint density at radius 3 is 1.84 bits per heavy atom. The summed E-state index contributed by atoms with van der Waals surface area (Å²) in [7, 11) is 0. The van der Waals surface area contributed by atoms with Crippen molar-refractivity contribution in [1.29, 1.82) is 0 Å². The maximum atomic E-state index is 6.30. The van der Waals surface area contributed by atoms with Gasteiger partial charge in [0.1, 0.15) is 11.5 Å². The molecule has 0 fully saturated rings. The zero-order chi connectivity index (χ0) is 37.6. The first-order chi connectivity index (χ1) is 27.6. The number of hydrogen-bond donors (Lipinski definition) is 0. The third-order valence-electron chi connectivity index (χ3n) is 10.3. The Hall–Kier alpha value is -7.02. The Labute approximate surface area is 329 Å². The molecule has 0 saturated carbocycles. The van der Waals surface area contributed by atoms with Gasteiger partial charge in [0.05, 0.1) is 11.4 Å². The molecule has 1 aliphatic heterocycles. The molecule has 9 aromatic rings. The fourth-order valence-corrected chi connectivity index (χ4v) is 8.78. The van der Waals surface area contributed by atoms with Crippen LogP contribution in [-0.2, 0) is 6.42 Å². The van der Waals surface area contributed by atoms with Gasteiger partial charge in [-0.15, -0.1) is 11.3 Å². The third-order valence-corrected chi connectivity index (χ3v) is 11.6. The Morgan fingerprint density at radius 1 is 0.554 bits per heavy atom. The summed E-state index contributed by atoms with van der Waals surface area (Å²) in [4.78, 5) is 19.8. The van der Waals surface area contributed by atoms with Crippen molar-refractivity contribution < 1.29 is 4.74 Å². The van der Waals surface area contributed by atoms with Gasteiger partial charge in [-0.05, 0) is 65.1 Å². The Morgan fingerprint density at radius 2 is 1.14 bits per heavy atom. The molecule has 266 valence electrons. The smallest absolute Gasteiger partial charge is 0.164 e. The van der Waals surface area contributed by atoms with Gasteiger partial charge >= 0.3 is 0 Å². The van der Waals surface area contributed by atoms with E-state index in [9.17, 15) is 0 Å². The normalized spacial score (nSPS) is 12.1. The average molecular weight is 739 g/mol. The van der Waals surface area contributed by atoms with E-state index in [1.807, 2.05) is 78.9 Å². The maximum Gasteiger partial charge on any atom is 0.164 e. The van der Waals surface area contributed by atoms with E-state index in [-0.39, 0.29) is 0 Å². The highest BCUT2D eigenvalue weighted by atomic mass is 32.1. The van der Waals surface area contributed by atoms with Gasteiger partial charge in [-0.25, -0.2) is 15.0 Å². The molecule has 0 aliphatic carbocycles. The van der Waals surface area contributed by atoms with Crippen LogP contribution in [0.25, 0.3) is 71.2 Å². The van der Waals surface area contributed by atoms with Crippen molar-refractivity contribution in [3.63, 3.8) is 0 Å². The highest BCUT2D eigenvalue weighted by Gasteiger charge is 2.20. The van der Waals surface area contributed by atoms with Crippen LogP contribution < -0.4 is 4.74 Å². The van der Waals surface area contributed by atoms with Crippen LogP contribution in [0.3, 0.4) is 0 Å². The minimum absolute atomic E-state index is 0.643. The molecule has 0 atom stereocenters. The molecule has 2 aromatic heterocycles. The number of aromatic nitrogens is 3. The number of rotatable bonds is 8. The zero-order valence-electron chi connectivity index (χ0n) is 30.6. The SMILES string of the molecule is C=C(Oc1ccccc1C)c1cccc2c1sc1c(-c3ccc(C4=Nc5ccc(-c6nc(-c7ccccc7)nc(-c7ccccc7)n6)cc5C4)cc3)cccc12. The summed E-state index contributed by atoms with van der Waals surface area (Å²) in [5, 5.41) is 2.44. The summed E-state index contributed by atoms with van der Waals surface area (Å²) < 4.78 is 8.72. The molecule has 10 rings (SSSR count). The summed E-state index contributed by atoms with van der Waals surface area (Å²) in [6, 6.07) is 56.3. The lowest BCUT2D eigenvalue weighted by atomic mass is 9.98. The van der Waals surface area contributed by atoms with Gasteiger partial charge in [-0.2, -0.15) is 0 Å².